The molecule has 28 heavy (non-hydrogen) atoms. The van der Waals surface area contributed by atoms with E-state index in [0.717, 1.165) is 41.7 Å². The normalized spacial score (nSPS) is 15.4. The van der Waals surface area contributed by atoms with Gasteiger partial charge in [-0.1, -0.05) is 23.8 Å². The van der Waals surface area contributed by atoms with Crippen molar-refractivity contribution in [1.82, 2.24) is 10.4 Å². The van der Waals surface area contributed by atoms with Crippen molar-refractivity contribution in [2.75, 3.05) is 0 Å². The number of nitrogens with zero attached hydrogens (tertiary/aromatic N) is 2. The Morgan fingerprint density at radius 1 is 1.18 bits per heavy atom. The summed E-state index contributed by atoms with van der Waals surface area (Å²) < 4.78 is 12.9. The zero-order valence-electron chi connectivity index (χ0n) is 15.6. The molecule has 0 amide bonds. The van der Waals surface area contributed by atoms with Crippen LogP contribution in [-0.4, -0.2) is 16.7 Å². The topological polar surface area (TPSA) is 78.6 Å². The van der Waals surface area contributed by atoms with Crippen LogP contribution in [0.3, 0.4) is 0 Å². The Labute approximate surface area is 180 Å². The van der Waals surface area contributed by atoms with Gasteiger partial charge in [-0.2, -0.15) is 5.10 Å². The number of fused-ring (bicyclic) bond motifs is 3. The smallest absolute Gasteiger partial charge is 0.209 e. The number of H-pyrrole nitrogens is 1. The minimum absolute atomic E-state index is 0. The standard InChI is InChI=1S/C21H22FN5.HI/c1-13-5-10-18-17(11-13)16-3-2-4-19(20(16)25-18)26-27-21(23)24-12-14-6-8-15(22)9-7-14;/h5-11,25H,2-4,12H2,1H3,(H3,23,24,27);1H. The Balaban J connectivity index is 0.00000225. The highest BCUT2D eigenvalue weighted by Gasteiger charge is 2.20. The van der Waals surface area contributed by atoms with Crippen LogP contribution in [0, 0.1) is 12.7 Å². The fourth-order valence-electron chi connectivity index (χ4n) is 3.46. The molecule has 1 heterocycles. The highest BCUT2D eigenvalue weighted by molar-refractivity contribution is 14.0. The molecule has 1 aliphatic rings. The summed E-state index contributed by atoms with van der Waals surface area (Å²) in [5.41, 5.74) is 15.4. The molecule has 0 saturated heterocycles. The first-order chi connectivity index (χ1) is 13.1. The molecule has 2 aromatic carbocycles. The molecule has 1 aliphatic carbocycles. The molecular formula is C21H23FIN5. The molecule has 0 atom stereocenters. The van der Waals surface area contributed by atoms with Crippen molar-refractivity contribution < 1.29 is 4.39 Å². The number of guanidine groups is 1. The number of nitrogens with two attached hydrogens (primary N) is 1. The summed E-state index contributed by atoms with van der Waals surface area (Å²) in [5, 5.41) is 5.76. The maximum absolute atomic E-state index is 12.9. The van der Waals surface area contributed by atoms with Crippen molar-refractivity contribution in [2.45, 2.75) is 32.7 Å². The van der Waals surface area contributed by atoms with Crippen LogP contribution in [-0.2, 0) is 13.0 Å². The lowest BCUT2D eigenvalue weighted by Crippen LogP contribution is -2.29. The van der Waals surface area contributed by atoms with E-state index in [9.17, 15) is 4.39 Å². The van der Waals surface area contributed by atoms with Gasteiger partial charge in [0.1, 0.15) is 5.82 Å². The minimum Gasteiger partial charge on any atom is -0.369 e. The number of hydrogen-bond donors (Lipinski definition) is 3. The van der Waals surface area contributed by atoms with Crippen LogP contribution in [0.1, 0.15) is 35.2 Å². The average Bonchev–Trinajstić information content (AvgIpc) is 3.04. The number of aromatic nitrogens is 1. The molecule has 4 N–H and O–H groups in total. The van der Waals surface area contributed by atoms with Crippen molar-refractivity contribution in [2.24, 2.45) is 15.8 Å². The van der Waals surface area contributed by atoms with E-state index in [0.29, 0.717) is 6.54 Å². The number of aliphatic imine (C=N–C) groups is 1. The van der Waals surface area contributed by atoms with E-state index in [1.165, 1.54) is 28.6 Å². The molecule has 146 valence electrons. The third-order valence-electron chi connectivity index (χ3n) is 4.84. The molecule has 1 aromatic heterocycles. The van der Waals surface area contributed by atoms with Crippen LogP contribution in [0.25, 0.3) is 10.9 Å². The van der Waals surface area contributed by atoms with Gasteiger partial charge in [-0.3, -0.25) is 0 Å². The second-order valence-electron chi connectivity index (χ2n) is 6.88. The predicted octanol–water partition coefficient (Wildman–Crippen LogP) is 4.38. The van der Waals surface area contributed by atoms with E-state index in [1.807, 2.05) is 0 Å². The van der Waals surface area contributed by atoms with Gasteiger partial charge in [0, 0.05) is 10.9 Å². The number of aromatic amines is 1. The molecule has 0 bridgehead atoms. The van der Waals surface area contributed by atoms with Gasteiger partial charge < -0.3 is 10.7 Å². The number of benzene rings is 2. The number of rotatable bonds is 3. The molecule has 0 unspecified atom stereocenters. The van der Waals surface area contributed by atoms with Crippen molar-refractivity contribution in [1.29, 1.82) is 0 Å². The van der Waals surface area contributed by atoms with Crippen molar-refractivity contribution in [3.05, 3.63) is 70.7 Å². The summed E-state index contributed by atoms with van der Waals surface area (Å²) in [6, 6.07) is 12.7. The fraction of sp³-hybridized carbons (Fsp3) is 0.238. The molecule has 4 rings (SSSR count). The van der Waals surface area contributed by atoms with Gasteiger partial charge in [-0.05, 0) is 61.6 Å². The lowest BCUT2D eigenvalue weighted by atomic mass is 9.94. The number of aryl methyl sites for hydroxylation is 2. The minimum atomic E-state index is -0.262. The summed E-state index contributed by atoms with van der Waals surface area (Å²) in [5.74, 6) is -0.0206. The van der Waals surface area contributed by atoms with Crippen LogP contribution < -0.4 is 11.2 Å². The van der Waals surface area contributed by atoms with Crippen LogP contribution in [0.4, 0.5) is 4.39 Å². The third-order valence-corrected chi connectivity index (χ3v) is 4.84. The molecule has 7 heteroatoms. The monoisotopic (exact) mass is 491 g/mol. The quantitative estimate of drug-likeness (QED) is 0.220. The lowest BCUT2D eigenvalue weighted by Gasteiger charge is -2.14. The van der Waals surface area contributed by atoms with E-state index in [1.54, 1.807) is 12.1 Å². The van der Waals surface area contributed by atoms with Gasteiger partial charge in [0.2, 0.25) is 5.96 Å². The summed E-state index contributed by atoms with van der Waals surface area (Å²) in [6.45, 7) is 2.48. The first-order valence-corrected chi connectivity index (χ1v) is 9.08. The van der Waals surface area contributed by atoms with Gasteiger partial charge >= 0.3 is 0 Å². The number of hydrogen-bond acceptors (Lipinski definition) is 2. The molecule has 0 fully saturated rings. The molecular weight excluding hydrogens is 468 g/mol. The van der Waals surface area contributed by atoms with E-state index in [-0.39, 0.29) is 35.8 Å². The van der Waals surface area contributed by atoms with Gasteiger partial charge in [-0.15, -0.1) is 24.0 Å². The average molecular weight is 491 g/mol. The number of hydrazone groups is 1. The maximum atomic E-state index is 12.9. The van der Waals surface area contributed by atoms with E-state index < -0.39 is 0 Å². The number of halogens is 2. The van der Waals surface area contributed by atoms with E-state index in [2.05, 4.69) is 45.6 Å². The highest BCUT2D eigenvalue weighted by atomic mass is 127. The second-order valence-corrected chi connectivity index (χ2v) is 6.88. The lowest BCUT2D eigenvalue weighted by molar-refractivity contribution is 0.627. The summed E-state index contributed by atoms with van der Waals surface area (Å²) in [7, 11) is 0. The Hall–Kier alpha value is -2.42. The SMILES string of the molecule is Cc1ccc2[nH]c3c(c2c1)CCCC3=NNC(N)=NCc1ccc(F)cc1.I. The Morgan fingerprint density at radius 3 is 2.75 bits per heavy atom. The van der Waals surface area contributed by atoms with Crippen molar-refractivity contribution in [3.8, 4) is 0 Å². The zero-order chi connectivity index (χ0) is 18.8. The molecule has 5 nitrogen and oxygen atoms in total. The van der Waals surface area contributed by atoms with E-state index >= 15 is 0 Å². The summed E-state index contributed by atoms with van der Waals surface area (Å²) >= 11 is 0. The Bertz CT molecular complexity index is 1040. The molecule has 0 radical (unpaired) electrons. The van der Waals surface area contributed by atoms with Gasteiger partial charge in [0.05, 0.1) is 18.0 Å². The zero-order valence-corrected chi connectivity index (χ0v) is 18.0. The largest absolute Gasteiger partial charge is 0.369 e. The summed E-state index contributed by atoms with van der Waals surface area (Å²) in [6.07, 6.45) is 2.99. The number of nitrogens with one attached hydrogen (secondary N) is 2. The summed E-state index contributed by atoms with van der Waals surface area (Å²) in [4.78, 5) is 7.76. The van der Waals surface area contributed by atoms with Crippen LogP contribution in [0.5, 0.6) is 0 Å². The maximum Gasteiger partial charge on any atom is 0.209 e. The highest BCUT2D eigenvalue weighted by Crippen LogP contribution is 2.29. The van der Waals surface area contributed by atoms with Crippen LogP contribution >= 0.6 is 24.0 Å². The molecule has 0 saturated carbocycles. The second kappa shape index (κ2) is 8.72. The van der Waals surface area contributed by atoms with Crippen LogP contribution in [0.2, 0.25) is 0 Å². The molecule has 0 spiro atoms. The fourth-order valence-corrected chi connectivity index (χ4v) is 3.46. The van der Waals surface area contributed by atoms with Crippen LogP contribution in [0.15, 0.2) is 52.6 Å². The van der Waals surface area contributed by atoms with Crippen molar-refractivity contribution in [3.63, 3.8) is 0 Å². The third kappa shape index (κ3) is 4.35. The van der Waals surface area contributed by atoms with Gasteiger partial charge in [0.15, 0.2) is 0 Å². The first-order valence-electron chi connectivity index (χ1n) is 9.08. The Morgan fingerprint density at radius 2 is 1.96 bits per heavy atom. The first kappa shape index (κ1) is 20.3. The predicted molar refractivity (Wildman–Crippen MR) is 123 cm³/mol. The van der Waals surface area contributed by atoms with Crippen molar-refractivity contribution >= 4 is 46.6 Å². The Kier molecular flexibility index (Phi) is 6.33. The molecule has 3 aromatic rings. The molecule has 0 aliphatic heterocycles. The van der Waals surface area contributed by atoms with Gasteiger partial charge in [0.25, 0.3) is 0 Å². The van der Waals surface area contributed by atoms with E-state index in [4.69, 9.17) is 5.73 Å². The van der Waals surface area contributed by atoms with Gasteiger partial charge in [-0.25, -0.2) is 14.8 Å².